The van der Waals surface area contributed by atoms with Gasteiger partial charge in [0.05, 0.1) is 11.8 Å². The van der Waals surface area contributed by atoms with Gasteiger partial charge >= 0.3 is 0 Å². The molecule has 2 aromatic heterocycles. The van der Waals surface area contributed by atoms with Crippen LogP contribution in [0.25, 0.3) is 11.4 Å². The van der Waals surface area contributed by atoms with Crippen molar-refractivity contribution in [3.63, 3.8) is 0 Å². The van der Waals surface area contributed by atoms with Gasteiger partial charge in [-0.1, -0.05) is 54.2 Å². The van der Waals surface area contributed by atoms with Crippen LogP contribution in [0.2, 0.25) is 0 Å². The lowest BCUT2D eigenvalue weighted by molar-refractivity contribution is -0.115. The number of rotatable bonds is 8. The standard InChI is InChI=1S/C23H22FN5O2S/c1-3-19(22(30)25-20-13-15(2)31-28-20)32-23-27-26-21(17-9-11-18(24)12-10-17)29(23)14-16-7-5-4-6-8-16/h4-13,19H,3,14H2,1-2H3,(H,25,28,30). The molecular formula is C23H22FN5O2S. The quantitative estimate of drug-likeness (QED) is 0.382. The Morgan fingerprint density at radius 2 is 1.91 bits per heavy atom. The second-order valence-corrected chi connectivity index (χ2v) is 8.38. The predicted molar refractivity (Wildman–Crippen MR) is 121 cm³/mol. The van der Waals surface area contributed by atoms with Crippen molar-refractivity contribution in [1.29, 1.82) is 0 Å². The number of amides is 1. The normalized spacial score (nSPS) is 12.0. The number of aryl methyl sites for hydroxylation is 1. The van der Waals surface area contributed by atoms with Crippen molar-refractivity contribution in [1.82, 2.24) is 19.9 Å². The number of benzene rings is 2. The molecule has 4 rings (SSSR count). The monoisotopic (exact) mass is 451 g/mol. The Morgan fingerprint density at radius 1 is 1.16 bits per heavy atom. The second kappa shape index (κ2) is 9.78. The molecule has 0 radical (unpaired) electrons. The summed E-state index contributed by atoms with van der Waals surface area (Å²) in [6, 6.07) is 17.7. The first kappa shape index (κ1) is 21.8. The zero-order valence-corrected chi connectivity index (χ0v) is 18.5. The number of carbonyl (C=O) groups is 1. The van der Waals surface area contributed by atoms with Crippen LogP contribution >= 0.6 is 11.8 Å². The minimum absolute atomic E-state index is 0.191. The van der Waals surface area contributed by atoms with E-state index in [2.05, 4.69) is 20.7 Å². The molecule has 2 aromatic carbocycles. The van der Waals surface area contributed by atoms with E-state index in [1.807, 2.05) is 41.8 Å². The average Bonchev–Trinajstić information content (AvgIpc) is 3.39. The molecule has 1 atom stereocenters. The molecule has 0 saturated heterocycles. The van der Waals surface area contributed by atoms with Gasteiger partial charge in [-0.15, -0.1) is 10.2 Å². The smallest absolute Gasteiger partial charge is 0.239 e. The summed E-state index contributed by atoms with van der Waals surface area (Å²) in [4.78, 5) is 12.8. The Morgan fingerprint density at radius 3 is 2.56 bits per heavy atom. The maximum absolute atomic E-state index is 13.4. The summed E-state index contributed by atoms with van der Waals surface area (Å²) in [7, 11) is 0. The maximum atomic E-state index is 13.4. The van der Waals surface area contributed by atoms with Gasteiger partial charge in [0.2, 0.25) is 5.91 Å². The fraction of sp³-hybridized carbons (Fsp3) is 0.217. The first-order valence-electron chi connectivity index (χ1n) is 10.2. The number of nitrogens with zero attached hydrogens (tertiary/aromatic N) is 4. The lowest BCUT2D eigenvalue weighted by Crippen LogP contribution is -2.25. The van der Waals surface area contributed by atoms with Crippen LogP contribution in [0.4, 0.5) is 10.2 Å². The Kier molecular flexibility index (Phi) is 6.65. The Balaban J connectivity index is 1.63. The fourth-order valence-electron chi connectivity index (χ4n) is 3.18. The molecule has 9 heteroatoms. The molecule has 0 spiro atoms. The van der Waals surface area contributed by atoms with Crippen molar-refractivity contribution < 1.29 is 13.7 Å². The van der Waals surface area contributed by atoms with E-state index < -0.39 is 5.25 Å². The molecule has 0 aliphatic carbocycles. The molecule has 32 heavy (non-hydrogen) atoms. The van der Waals surface area contributed by atoms with E-state index >= 15 is 0 Å². The second-order valence-electron chi connectivity index (χ2n) is 7.21. The van der Waals surface area contributed by atoms with E-state index in [4.69, 9.17) is 4.52 Å². The number of hydrogen-bond acceptors (Lipinski definition) is 6. The number of hydrogen-bond donors (Lipinski definition) is 1. The van der Waals surface area contributed by atoms with Crippen molar-refractivity contribution in [2.24, 2.45) is 0 Å². The fourth-order valence-corrected chi connectivity index (χ4v) is 4.13. The molecule has 0 saturated carbocycles. The van der Waals surface area contributed by atoms with Gasteiger partial charge in [0.25, 0.3) is 0 Å². The lowest BCUT2D eigenvalue weighted by atomic mass is 10.2. The van der Waals surface area contributed by atoms with Crippen LogP contribution in [0, 0.1) is 12.7 Å². The van der Waals surface area contributed by atoms with Crippen molar-refractivity contribution >= 4 is 23.5 Å². The summed E-state index contributed by atoms with van der Waals surface area (Å²) < 4.78 is 20.4. The van der Waals surface area contributed by atoms with Gasteiger partial charge in [0, 0.05) is 11.6 Å². The minimum Gasteiger partial charge on any atom is -0.360 e. The number of nitrogens with one attached hydrogen (secondary N) is 1. The van der Waals surface area contributed by atoms with E-state index in [1.165, 1.54) is 23.9 Å². The largest absolute Gasteiger partial charge is 0.360 e. The summed E-state index contributed by atoms with van der Waals surface area (Å²) in [6.07, 6.45) is 0.581. The Labute approximate surface area is 189 Å². The van der Waals surface area contributed by atoms with Crippen LogP contribution in [-0.2, 0) is 11.3 Å². The number of aromatic nitrogens is 4. The molecule has 7 nitrogen and oxygen atoms in total. The summed E-state index contributed by atoms with van der Waals surface area (Å²) in [5.74, 6) is 1.10. The molecule has 1 unspecified atom stereocenters. The van der Waals surface area contributed by atoms with Gasteiger partial charge < -0.3 is 9.84 Å². The van der Waals surface area contributed by atoms with E-state index in [1.54, 1.807) is 25.1 Å². The van der Waals surface area contributed by atoms with Gasteiger partial charge in [0.15, 0.2) is 16.8 Å². The van der Waals surface area contributed by atoms with Crippen molar-refractivity contribution in [3.8, 4) is 11.4 Å². The molecule has 0 fully saturated rings. The van der Waals surface area contributed by atoms with E-state index in [0.29, 0.717) is 35.5 Å². The third-order valence-corrected chi connectivity index (χ3v) is 6.14. The molecule has 1 N–H and O–H groups in total. The zero-order chi connectivity index (χ0) is 22.5. The maximum Gasteiger partial charge on any atom is 0.239 e. The highest BCUT2D eigenvalue weighted by Gasteiger charge is 2.24. The number of thioether (sulfide) groups is 1. The van der Waals surface area contributed by atoms with Crippen LogP contribution in [0.1, 0.15) is 24.7 Å². The molecule has 164 valence electrons. The topological polar surface area (TPSA) is 85.8 Å². The highest BCUT2D eigenvalue weighted by molar-refractivity contribution is 8.00. The van der Waals surface area contributed by atoms with Gasteiger partial charge in [-0.05, 0) is 43.2 Å². The van der Waals surface area contributed by atoms with E-state index in [0.717, 1.165) is 11.1 Å². The predicted octanol–water partition coefficient (Wildman–Crippen LogP) is 4.94. The van der Waals surface area contributed by atoms with Gasteiger partial charge in [-0.2, -0.15) is 0 Å². The van der Waals surface area contributed by atoms with Crippen LogP contribution in [0.15, 0.2) is 70.3 Å². The highest BCUT2D eigenvalue weighted by atomic mass is 32.2. The van der Waals surface area contributed by atoms with Crippen molar-refractivity contribution in [2.75, 3.05) is 5.32 Å². The summed E-state index contributed by atoms with van der Waals surface area (Å²) in [5.41, 5.74) is 1.81. The highest BCUT2D eigenvalue weighted by Crippen LogP contribution is 2.30. The van der Waals surface area contributed by atoms with Crippen LogP contribution in [0.3, 0.4) is 0 Å². The van der Waals surface area contributed by atoms with Crippen molar-refractivity contribution in [2.45, 2.75) is 37.2 Å². The zero-order valence-electron chi connectivity index (χ0n) is 17.7. The van der Waals surface area contributed by atoms with Crippen molar-refractivity contribution in [3.05, 3.63) is 77.8 Å². The van der Waals surface area contributed by atoms with Crippen LogP contribution in [0.5, 0.6) is 0 Å². The summed E-state index contributed by atoms with van der Waals surface area (Å²) >= 11 is 1.33. The number of carbonyl (C=O) groups excluding carboxylic acids is 1. The number of anilines is 1. The third kappa shape index (κ3) is 5.05. The summed E-state index contributed by atoms with van der Waals surface area (Å²) in [6.45, 7) is 4.21. The molecule has 2 heterocycles. The van der Waals surface area contributed by atoms with Gasteiger partial charge in [-0.25, -0.2) is 4.39 Å². The first-order valence-corrected chi connectivity index (χ1v) is 11.1. The summed E-state index contributed by atoms with van der Waals surface area (Å²) in [5, 5.41) is 15.5. The van der Waals surface area contributed by atoms with E-state index in [-0.39, 0.29) is 11.7 Å². The third-order valence-electron chi connectivity index (χ3n) is 4.79. The minimum atomic E-state index is -0.410. The van der Waals surface area contributed by atoms with Gasteiger partial charge in [-0.3, -0.25) is 9.36 Å². The Hall–Kier alpha value is -3.46. The Bertz CT molecular complexity index is 1190. The lowest BCUT2D eigenvalue weighted by Gasteiger charge is -2.15. The van der Waals surface area contributed by atoms with Gasteiger partial charge in [0.1, 0.15) is 11.6 Å². The van der Waals surface area contributed by atoms with Crippen LogP contribution < -0.4 is 5.32 Å². The number of halogens is 1. The molecule has 4 aromatic rings. The molecular weight excluding hydrogens is 429 g/mol. The van der Waals surface area contributed by atoms with E-state index in [9.17, 15) is 9.18 Å². The molecule has 1 amide bonds. The molecule has 0 bridgehead atoms. The first-order chi connectivity index (χ1) is 15.5. The molecule has 0 aliphatic heterocycles. The SMILES string of the molecule is CCC(Sc1nnc(-c2ccc(F)cc2)n1Cc1ccccc1)C(=O)Nc1cc(C)on1. The van der Waals surface area contributed by atoms with Crippen LogP contribution in [-0.4, -0.2) is 31.1 Å². The molecule has 0 aliphatic rings. The average molecular weight is 452 g/mol.